The standard InChI is InChI=1S/C8H15N3O2.ClH/c1-4(2)6(9)7(12)8-11-10-5(3)13-8;/h4,6-7,12H,9H2,1-3H3;1H/t6-,7?;/m0./s1. The predicted octanol–water partition coefficient (Wildman–Crippen LogP) is -3.32. The highest BCUT2D eigenvalue weighted by atomic mass is 35.5. The highest BCUT2D eigenvalue weighted by Gasteiger charge is 2.27. The fraction of sp³-hybridized carbons (Fsp3) is 0.750. The van der Waals surface area contributed by atoms with Gasteiger partial charge in [0.2, 0.25) is 5.89 Å². The van der Waals surface area contributed by atoms with Gasteiger partial charge in [0.15, 0.2) is 6.10 Å². The summed E-state index contributed by atoms with van der Waals surface area (Å²) in [4.78, 5) is 0. The number of quaternary nitrogens is 1. The first-order chi connectivity index (χ1) is 6.02. The van der Waals surface area contributed by atoms with E-state index >= 15 is 0 Å². The number of halogens is 1. The quantitative estimate of drug-likeness (QED) is 0.560. The van der Waals surface area contributed by atoms with Gasteiger partial charge in [-0.05, 0) is 0 Å². The van der Waals surface area contributed by atoms with Gasteiger partial charge in [0.25, 0.3) is 5.89 Å². The molecule has 0 amide bonds. The molecule has 2 atom stereocenters. The van der Waals surface area contributed by atoms with E-state index in [9.17, 15) is 5.11 Å². The number of hydrogen-bond acceptors (Lipinski definition) is 4. The van der Waals surface area contributed by atoms with Gasteiger partial charge in [-0.1, -0.05) is 13.8 Å². The van der Waals surface area contributed by atoms with Gasteiger partial charge in [0, 0.05) is 12.8 Å². The van der Waals surface area contributed by atoms with Crippen molar-refractivity contribution in [1.82, 2.24) is 10.2 Å². The van der Waals surface area contributed by atoms with E-state index in [-0.39, 0.29) is 30.3 Å². The lowest BCUT2D eigenvalue weighted by atomic mass is 10.00. The van der Waals surface area contributed by atoms with Crippen LogP contribution < -0.4 is 18.1 Å². The van der Waals surface area contributed by atoms with E-state index in [4.69, 9.17) is 4.42 Å². The molecule has 0 radical (unpaired) electrons. The molecule has 0 saturated heterocycles. The fourth-order valence-corrected chi connectivity index (χ4v) is 0.979. The van der Waals surface area contributed by atoms with E-state index in [2.05, 4.69) is 15.9 Å². The van der Waals surface area contributed by atoms with Crippen molar-refractivity contribution >= 4 is 0 Å². The molecule has 0 aromatic carbocycles. The first-order valence-electron chi connectivity index (χ1n) is 4.33. The van der Waals surface area contributed by atoms with E-state index in [0.29, 0.717) is 5.89 Å². The Morgan fingerprint density at radius 2 is 1.93 bits per heavy atom. The van der Waals surface area contributed by atoms with Crippen molar-refractivity contribution in [1.29, 1.82) is 0 Å². The summed E-state index contributed by atoms with van der Waals surface area (Å²) in [6, 6.07) is -0.125. The second kappa shape index (κ2) is 5.29. The molecule has 1 aromatic rings. The predicted molar refractivity (Wildman–Crippen MR) is 45.5 cm³/mol. The van der Waals surface area contributed by atoms with E-state index in [1.807, 2.05) is 13.8 Å². The normalized spacial score (nSPS) is 15.0. The summed E-state index contributed by atoms with van der Waals surface area (Å²) in [6.07, 6.45) is -0.763. The third kappa shape index (κ3) is 2.94. The first kappa shape index (κ1) is 13.4. The van der Waals surface area contributed by atoms with E-state index in [1.54, 1.807) is 6.92 Å². The third-order valence-electron chi connectivity index (χ3n) is 2.06. The van der Waals surface area contributed by atoms with Crippen LogP contribution in [0.25, 0.3) is 0 Å². The summed E-state index contributed by atoms with van der Waals surface area (Å²) < 4.78 is 5.10. The van der Waals surface area contributed by atoms with Crippen LogP contribution in [0.2, 0.25) is 0 Å². The van der Waals surface area contributed by atoms with Crippen LogP contribution in [0, 0.1) is 12.8 Å². The summed E-state index contributed by atoms with van der Waals surface area (Å²) in [7, 11) is 0. The molecule has 0 aliphatic rings. The highest BCUT2D eigenvalue weighted by Crippen LogP contribution is 2.17. The number of aliphatic hydroxyl groups is 1. The van der Waals surface area contributed by atoms with Crippen molar-refractivity contribution in [2.75, 3.05) is 0 Å². The average molecular weight is 222 g/mol. The molecule has 82 valence electrons. The minimum Gasteiger partial charge on any atom is -1.00 e. The maximum Gasteiger partial charge on any atom is 0.251 e. The number of aliphatic hydroxyl groups excluding tert-OH is 1. The molecule has 0 fully saturated rings. The lowest BCUT2D eigenvalue weighted by Crippen LogP contribution is -3.00. The Bertz CT molecular complexity index is 277. The van der Waals surface area contributed by atoms with Crippen molar-refractivity contribution in [3.05, 3.63) is 11.8 Å². The van der Waals surface area contributed by atoms with Crippen LogP contribution in [0.4, 0.5) is 0 Å². The van der Waals surface area contributed by atoms with Gasteiger partial charge in [-0.2, -0.15) is 0 Å². The van der Waals surface area contributed by atoms with Gasteiger partial charge in [-0.25, -0.2) is 0 Å². The average Bonchev–Trinajstić information content (AvgIpc) is 2.49. The van der Waals surface area contributed by atoms with E-state index in [1.165, 1.54) is 0 Å². The molecule has 14 heavy (non-hydrogen) atoms. The summed E-state index contributed by atoms with van der Waals surface area (Å²) in [5, 5.41) is 17.1. The zero-order valence-electron chi connectivity index (χ0n) is 8.57. The Morgan fingerprint density at radius 1 is 1.36 bits per heavy atom. The smallest absolute Gasteiger partial charge is 0.251 e. The monoisotopic (exact) mass is 221 g/mol. The number of hydrogen-bond donors (Lipinski definition) is 2. The van der Waals surface area contributed by atoms with Crippen LogP contribution in [-0.4, -0.2) is 21.3 Å². The molecule has 1 aromatic heterocycles. The topological polar surface area (TPSA) is 86.8 Å². The van der Waals surface area contributed by atoms with E-state index in [0.717, 1.165) is 0 Å². The second-order valence-electron chi connectivity index (χ2n) is 3.51. The van der Waals surface area contributed by atoms with Crippen LogP contribution in [0.3, 0.4) is 0 Å². The molecule has 6 heteroatoms. The molecular formula is C8H16ClN3O2. The molecular weight excluding hydrogens is 206 g/mol. The zero-order valence-corrected chi connectivity index (χ0v) is 9.32. The van der Waals surface area contributed by atoms with Gasteiger partial charge in [-0.15, -0.1) is 10.2 Å². The minimum atomic E-state index is -0.763. The van der Waals surface area contributed by atoms with Crippen molar-refractivity contribution in [2.45, 2.75) is 32.9 Å². The van der Waals surface area contributed by atoms with Gasteiger partial charge in [0.05, 0.1) is 0 Å². The molecule has 0 aliphatic carbocycles. The van der Waals surface area contributed by atoms with Crippen LogP contribution in [0.15, 0.2) is 4.42 Å². The Labute approximate surface area is 89.1 Å². The lowest BCUT2D eigenvalue weighted by Gasteiger charge is -2.15. The van der Waals surface area contributed by atoms with Crippen molar-refractivity contribution in [3.8, 4) is 0 Å². The van der Waals surface area contributed by atoms with Gasteiger partial charge in [0.1, 0.15) is 6.04 Å². The van der Waals surface area contributed by atoms with Crippen LogP contribution in [0.1, 0.15) is 31.7 Å². The summed E-state index contributed by atoms with van der Waals surface area (Å²) >= 11 is 0. The van der Waals surface area contributed by atoms with Crippen LogP contribution in [-0.2, 0) is 0 Å². The number of aryl methyl sites for hydroxylation is 1. The van der Waals surface area contributed by atoms with Crippen LogP contribution >= 0.6 is 0 Å². The van der Waals surface area contributed by atoms with Gasteiger partial charge in [-0.3, -0.25) is 0 Å². The third-order valence-corrected chi connectivity index (χ3v) is 2.06. The second-order valence-corrected chi connectivity index (χ2v) is 3.51. The molecule has 5 nitrogen and oxygen atoms in total. The molecule has 4 N–H and O–H groups in total. The fourth-order valence-electron chi connectivity index (χ4n) is 0.979. The lowest BCUT2D eigenvalue weighted by molar-refractivity contribution is -0.451. The number of nitrogens with zero attached hydrogens (tertiary/aromatic N) is 2. The number of rotatable bonds is 3. The molecule has 0 spiro atoms. The largest absolute Gasteiger partial charge is 1.00 e. The van der Waals surface area contributed by atoms with Gasteiger partial charge >= 0.3 is 0 Å². The van der Waals surface area contributed by atoms with Gasteiger partial charge < -0.3 is 27.7 Å². The Morgan fingerprint density at radius 3 is 2.29 bits per heavy atom. The molecule has 0 saturated carbocycles. The van der Waals surface area contributed by atoms with Crippen molar-refractivity contribution < 1.29 is 27.7 Å². The highest BCUT2D eigenvalue weighted by molar-refractivity contribution is 4.88. The maximum absolute atomic E-state index is 9.71. The van der Waals surface area contributed by atoms with Crippen LogP contribution in [0.5, 0.6) is 0 Å². The maximum atomic E-state index is 9.71. The Kier molecular flexibility index (Phi) is 5.04. The first-order valence-corrected chi connectivity index (χ1v) is 4.33. The number of aromatic nitrogens is 2. The van der Waals surface area contributed by atoms with Crippen molar-refractivity contribution in [3.63, 3.8) is 0 Å². The molecule has 1 rings (SSSR count). The Hall–Kier alpha value is -0.650. The SMILES string of the molecule is Cc1nnc(C(O)[C@@H]([NH3+])C(C)C)o1.[Cl-]. The summed E-state index contributed by atoms with van der Waals surface area (Å²) in [5.41, 5.74) is 3.85. The van der Waals surface area contributed by atoms with Crippen molar-refractivity contribution in [2.24, 2.45) is 5.92 Å². The van der Waals surface area contributed by atoms with E-state index < -0.39 is 6.10 Å². The minimum absolute atomic E-state index is 0. The molecule has 1 heterocycles. The molecule has 0 aliphatic heterocycles. The summed E-state index contributed by atoms with van der Waals surface area (Å²) in [5.74, 6) is 0.999. The molecule has 0 bridgehead atoms. The molecule has 1 unspecified atom stereocenters. The zero-order chi connectivity index (χ0) is 10.0. The summed E-state index contributed by atoms with van der Waals surface area (Å²) in [6.45, 7) is 5.67. The Balaban J connectivity index is 0.00000169.